The first-order chi connectivity index (χ1) is 13.7. The van der Waals surface area contributed by atoms with Gasteiger partial charge in [0.2, 0.25) is 0 Å². The summed E-state index contributed by atoms with van der Waals surface area (Å²) in [6.07, 6.45) is -1.48. The van der Waals surface area contributed by atoms with E-state index in [0.29, 0.717) is 17.9 Å². The van der Waals surface area contributed by atoms with Crippen molar-refractivity contribution in [2.24, 2.45) is 0 Å². The fourth-order valence-electron chi connectivity index (χ4n) is 3.23. The van der Waals surface area contributed by atoms with E-state index in [9.17, 15) is 18.0 Å². The van der Waals surface area contributed by atoms with E-state index in [4.69, 9.17) is 9.84 Å². The summed E-state index contributed by atoms with van der Waals surface area (Å²) in [6.45, 7) is 2.05. The number of aromatic carboxylic acids is 1. The maximum absolute atomic E-state index is 12.3. The van der Waals surface area contributed by atoms with E-state index in [2.05, 4.69) is 20.0 Å². The van der Waals surface area contributed by atoms with Crippen molar-refractivity contribution in [2.45, 2.75) is 44.8 Å². The lowest BCUT2D eigenvalue weighted by Crippen LogP contribution is -2.29. The van der Waals surface area contributed by atoms with Gasteiger partial charge in [-0.05, 0) is 43.9 Å². The average Bonchev–Trinajstić information content (AvgIpc) is 2.66. The van der Waals surface area contributed by atoms with Gasteiger partial charge in [-0.25, -0.2) is 14.8 Å². The number of nitrogens with zero attached hydrogens (tertiary/aromatic N) is 2. The van der Waals surface area contributed by atoms with E-state index in [1.165, 1.54) is 18.5 Å². The minimum absolute atomic E-state index is 0.0638. The van der Waals surface area contributed by atoms with E-state index >= 15 is 0 Å². The van der Waals surface area contributed by atoms with Gasteiger partial charge in [-0.1, -0.05) is 12.1 Å². The molecule has 10 heteroatoms. The minimum atomic E-state index is -4.72. The van der Waals surface area contributed by atoms with Gasteiger partial charge in [0.15, 0.2) is 5.69 Å². The van der Waals surface area contributed by atoms with Crippen molar-refractivity contribution in [3.05, 3.63) is 47.4 Å². The van der Waals surface area contributed by atoms with Crippen LogP contribution in [0.2, 0.25) is 0 Å². The number of ether oxygens (including phenoxy) is 2. The number of alkyl halides is 3. The largest absolute Gasteiger partial charge is 0.573 e. The molecule has 0 radical (unpaired) electrons. The van der Waals surface area contributed by atoms with Crippen LogP contribution >= 0.6 is 0 Å². The summed E-state index contributed by atoms with van der Waals surface area (Å²) in [7, 11) is 0. The molecule has 1 saturated heterocycles. The number of carboxylic acid groups (broad SMARTS) is 1. The van der Waals surface area contributed by atoms with Gasteiger partial charge >= 0.3 is 12.3 Å². The molecule has 0 spiro atoms. The molecular weight excluding hydrogens is 391 g/mol. The normalized spacial score (nSPS) is 19.6. The lowest BCUT2D eigenvalue weighted by atomic mass is 9.98. The van der Waals surface area contributed by atoms with Crippen LogP contribution in [0.5, 0.6) is 5.75 Å². The molecule has 0 amide bonds. The number of nitrogens with one attached hydrogen (secondary N) is 1. The highest BCUT2D eigenvalue weighted by Gasteiger charge is 2.31. The third-order valence-electron chi connectivity index (χ3n) is 4.62. The molecule has 2 atom stereocenters. The Morgan fingerprint density at radius 2 is 2.00 bits per heavy atom. The van der Waals surface area contributed by atoms with Crippen molar-refractivity contribution in [2.75, 3.05) is 11.9 Å². The molecule has 2 N–H and O–H groups in total. The summed E-state index contributed by atoms with van der Waals surface area (Å²) < 4.78 is 46.8. The summed E-state index contributed by atoms with van der Waals surface area (Å²) in [5, 5.41) is 12.2. The summed E-state index contributed by atoms with van der Waals surface area (Å²) >= 11 is 0. The molecule has 0 saturated carbocycles. The molecule has 0 unspecified atom stereocenters. The van der Waals surface area contributed by atoms with Crippen molar-refractivity contribution in [3.8, 4) is 5.75 Å². The minimum Gasteiger partial charge on any atom is -0.476 e. The van der Waals surface area contributed by atoms with Crippen LogP contribution in [0.1, 0.15) is 47.0 Å². The van der Waals surface area contributed by atoms with Gasteiger partial charge in [-0.3, -0.25) is 0 Å². The summed E-state index contributed by atoms with van der Waals surface area (Å²) in [6, 6.07) is 5.67. The first kappa shape index (κ1) is 20.8. The van der Waals surface area contributed by atoms with Crippen molar-refractivity contribution in [1.82, 2.24) is 9.97 Å². The van der Waals surface area contributed by atoms with Crippen LogP contribution in [-0.4, -0.2) is 40.1 Å². The van der Waals surface area contributed by atoms with Gasteiger partial charge in [0.25, 0.3) is 0 Å². The van der Waals surface area contributed by atoms with E-state index in [1.54, 1.807) is 19.1 Å². The monoisotopic (exact) mass is 411 g/mol. The van der Waals surface area contributed by atoms with Crippen LogP contribution in [0.3, 0.4) is 0 Å². The number of hydrogen-bond donors (Lipinski definition) is 2. The Hall–Kier alpha value is -2.88. The molecule has 7 nitrogen and oxygen atoms in total. The molecule has 1 aromatic carbocycles. The van der Waals surface area contributed by atoms with Gasteiger partial charge in [-0.15, -0.1) is 13.2 Å². The Balaban J connectivity index is 1.60. The average molecular weight is 411 g/mol. The molecule has 2 aromatic rings. The maximum Gasteiger partial charge on any atom is 0.573 e. The quantitative estimate of drug-likeness (QED) is 0.739. The molecular formula is C19H20F3N3O4. The zero-order chi connectivity index (χ0) is 21.0. The standard InChI is InChI=1S/C19H20F3N3O4/c1-11-16(18(26)27)24-10-25-17(11)23-9-14-3-2-4-15(28-14)12-5-7-13(8-6-12)29-19(20,21)22/h5-8,10,14-15H,2-4,9H2,1H3,(H,26,27)(H,23,24,25)/t14-,15+/m0/s1. The highest BCUT2D eigenvalue weighted by Crippen LogP contribution is 2.33. The predicted molar refractivity (Wildman–Crippen MR) is 96.8 cm³/mol. The summed E-state index contributed by atoms with van der Waals surface area (Å²) in [5.41, 5.74) is 1.15. The third-order valence-corrected chi connectivity index (χ3v) is 4.62. The van der Waals surface area contributed by atoms with Gasteiger partial charge in [0, 0.05) is 12.1 Å². The molecule has 156 valence electrons. The van der Waals surface area contributed by atoms with E-state index in [0.717, 1.165) is 24.8 Å². The zero-order valence-corrected chi connectivity index (χ0v) is 15.6. The molecule has 3 rings (SSSR count). The second-order valence-corrected chi connectivity index (χ2v) is 6.68. The number of anilines is 1. The fraction of sp³-hybridized carbons (Fsp3) is 0.421. The number of rotatable bonds is 6. The van der Waals surface area contributed by atoms with Gasteiger partial charge in [-0.2, -0.15) is 0 Å². The number of carboxylic acids is 1. The van der Waals surface area contributed by atoms with Gasteiger partial charge < -0.3 is 19.9 Å². The predicted octanol–water partition coefficient (Wildman–Crippen LogP) is 4.10. The smallest absolute Gasteiger partial charge is 0.476 e. The molecule has 1 fully saturated rings. The molecule has 0 bridgehead atoms. The molecule has 1 aliphatic rings. The van der Waals surface area contributed by atoms with Gasteiger partial charge in [0.05, 0.1) is 12.2 Å². The van der Waals surface area contributed by atoms with Gasteiger partial charge in [0.1, 0.15) is 17.9 Å². The number of aromatic nitrogens is 2. The van der Waals surface area contributed by atoms with Crippen LogP contribution in [0, 0.1) is 6.92 Å². The van der Waals surface area contributed by atoms with Crippen LogP contribution in [0.15, 0.2) is 30.6 Å². The number of carbonyl (C=O) groups is 1. The number of benzene rings is 1. The maximum atomic E-state index is 12.3. The second kappa shape index (κ2) is 8.64. The number of hydrogen-bond acceptors (Lipinski definition) is 6. The van der Waals surface area contributed by atoms with Crippen molar-refractivity contribution in [1.29, 1.82) is 0 Å². The van der Waals surface area contributed by atoms with Crippen molar-refractivity contribution < 1.29 is 32.5 Å². The van der Waals surface area contributed by atoms with Crippen LogP contribution in [0.4, 0.5) is 19.0 Å². The third kappa shape index (κ3) is 5.57. The first-order valence-corrected chi connectivity index (χ1v) is 9.03. The SMILES string of the molecule is Cc1c(NC[C@@H]2CCC[C@H](c3ccc(OC(F)(F)F)cc3)O2)ncnc1C(=O)O. The van der Waals surface area contributed by atoms with Crippen molar-refractivity contribution in [3.63, 3.8) is 0 Å². The molecule has 0 aliphatic carbocycles. The van der Waals surface area contributed by atoms with E-state index < -0.39 is 12.3 Å². The molecule has 29 heavy (non-hydrogen) atoms. The van der Waals surface area contributed by atoms with E-state index in [-0.39, 0.29) is 23.7 Å². The first-order valence-electron chi connectivity index (χ1n) is 9.03. The second-order valence-electron chi connectivity index (χ2n) is 6.68. The van der Waals surface area contributed by atoms with Crippen molar-refractivity contribution >= 4 is 11.8 Å². The Kier molecular flexibility index (Phi) is 6.21. The molecule has 2 heterocycles. The molecule has 1 aromatic heterocycles. The molecule has 1 aliphatic heterocycles. The highest BCUT2D eigenvalue weighted by atomic mass is 19.4. The Bertz CT molecular complexity index is 859. The zero-order valence-electron chi connectivity index (χ0n) is 15.6. The Labute approximate surface area is 164 Å². The number of halogens is 3. The highest BCUT2D eigenvalue weighted by molar-refractivity contribution is 5.88. The van der Waals surface area contributed by atoms with Crippen LogP contribution in [-0.2, 0) is 4.74 Å². The summed E-state index contributed by atoms with van der Waals surface area (Å²) in [4.78, 5) is 19.0. The Morgan fingerprint density at radius 1 is 1.28 bits per heavy atom. The summed E-state index contributed by atoms with van der Waals surface area (Å²) in [5.74, 6) is -0.972. The lowest BCUT2D eigenvalue weighted by molar-refractivity contribution is -0.274. The fourth-order valence-corrected chi connectivity index (χ4v) is 3.23. The van der Waals surface area contributed by atoms with E-state index in [1.807, 2.05) is 0 Å². The lowest BCUT2D eigenvalue weighted by Gasteiger charge is -2.31. The topological polar surface area (TPSA) is 93.6 Å². The van der Waals surface area contributed by atoms with Crippen LogP contribution < -0.4 is 10.1 Å². The van der Waals surface area contributed by atoms with Crippen LogP contribution in [0.25, 0.3) is 0 Å². The Morgan fingerprint density at radius 3 is 2.66 bits per heavy atom.